The molecule has 0 atom stereocenters. The molecule has 0 aliphatic rings. The van der Waals surface area contributed by atoms with Gasteiger partial charge in [-0.15, -0.1) is 0 Å². The Morgan fingerprint density at radius 3 is 2.58 bits per heavy atom. The third kappa shape index (κ3) is 1.60. The van der Waals surface area contributed by atoms with Gasteiger partial charge in [-0.05, 0) is 12.5 Å². The summed E-state index contributed by atoms with van der Waals surface area (Å²) in [5.74, 6) is -1.76. The fourth-order valence-electron chi connectivity index (χ4n) is 0.908. The van der Waals surface area contributed by atoms with Crippen LogP contribution in [0.3, 0.4) is 0 Å². The summed E-state index contributed by atoms with van der Waals surface area (Å²) in [4.78, 5) is 0. The number of halogens is 2. The molecule has 0 aliphatic heterocycles. The molecule has 0 spiro atoms. The summed E-state index contributed by atoms with van der Waals surface area (Å²) in [6.07, 6.45) is 0. The first kappa shape index (κ1) is 9.09. The van der Waals surface area contributed by atoms with E-state index in [-0.39, 0.29) is 17.7 Å². The molecule has 0 bridgehead atoms. The summed E-state index contributed by atoms with van der Waals surface area (Å²) in [7, 11) is 0. The van der Waals surface area contributed by atoms with E-state index in [1.165, 1.54) is 19.1 Å². The van der Waals surface area contributed by atoms with Crippen LogP contribution in [0.1, 0.15) is 11.1 Å². The van der Waals surface area contributed by atoms with Crippen LogP contribution in [0.5, 0.6) is 0 Å². The number of hydrogen-bond acceptors (Lipinski definition) is 2. The van der Waals surface area contributed by atoms with E-state index in [4.69, 9.17) is 5.21 Å². The Bertz CT molecular complexity index is 289. The smallest absolute Gasteiger partial charge is 0.163 e. The highest BCUT2D eigenvalue weighted by Crippen LogP contribution is 2.14. The van der Waals surface area contributed by atoms with Crippen molar-refractivity contribution in [2.45, 2.75) is 13.5 Å². The quantitative estimate of drug-likeness (QED) is 0.668. The van der Waals surface area contributed by atoms with Gasteiger partial charge in [0.25, 0.3) is 0 Å². The Hall–Kier alpha value is -1.00. The van der Waals surface area contributed by atoms with E-state index >= 15 is 0 Å². The van der Waals surface area contributed by atoms with Crippen LogP contribution in [0.25, 0.3) is 0 Å². The van der Waals surface area contributed by atoms with E-state index in [1.807, 2.05) is 0 Å². The van der Waals surface area contributed by atoms with Crippen LogP contribution < -0.4 is 5.48 Å². The minimum atomic E-state index is -0.906. The van der Waals surface area contributed by atoms with Crippen molar-refractivity contribution in [3.63, 3.8) is 0 Å². The lowest BCUT2D eigenvalue weighted by Gasteiger charge is -2.03. The summed E-state index contributed by atoms with van der Waals surface area (Å²) in [6.45, 7) is 1.39. The van der Waals surface area contributed by atoms with Gasteiger partial charge >= 0.3 is 0 Å². The predicted molar refractivity (Wildman–Crippen MR) is 39.7 cm³/mol. The normalized spacial score (nSPS) is 10.3. The molecule has 0 amide bonds. The Labute approximate surface area is 68.8 Å². The van der Waals surface area contributed by atoms with E-state index < -0.39 is 11.6 Å². The zero-order valence-electron chi connectivity index (χ0n) is 6.56. The molecule has 1 aromatic carbocycles. The average Bonchev–Trinajstić information content (AvgIpc) is 2.07. The highest BCUT2D eigenvalue weighted by molar-refractivity contribution is 5.25. The Morgan fingerprint density at radius 2 is 2.00 bits per heavy atom. The van der Waals surface area contributed by atoms with Gasteiger partial charge in [-0.3, -0.25) is 0 Å². The number of aryl methyl sites for hydroxylation is 1. The van der Waals surface area contributed by atoms with Crippen molar-refractivity contribution in [1.29, 1.82) is 0 Å². The second kappa shape index (κ2) is 3.60. The standard InChI is InChI=1S/C8H9F2NO/c1-5-2-3-6(4-11-12)8(10)7(5)9/h2-3,11-12H,4H2,1H3. The maximum atomic E-state index is 12.9. The molecule has 66 valence electrons. The average molecular weight is 173 g/mol. The summed E-state index contributed by atoms with van der Waals surface area (Å²) < 4.78 is 25.8. The van der Waals surface area contributed by atoms with Crippen LogP contribution in [0.2, 0.25) is 0 Å². The molecule has 0 saturated heterocycles. The van der Waals surface area contributed by atoms with Crippen molar-refractivity contribution >= 4 is 0 Å². The fraction of sp³-hybridized carbons (Fsp3) is 0.250. The van der Waals surface area contributed by atoms with Crippen LogP contribution in [0.4, 0.5) is 8.78 Å². The molecule has 2 N–H and O–H groups in total. The monoisotopic (exact) mass is 173 g/mol. The molecule has 2 nitrogen and oxygen atoms in total. The summed E-state index contributed by atoms with van der Waals surface area (Å²) >= 11 is 0. The van der Waals surface area contributed by atoms with Gasteiger partial charge in [-0.2, -0.15) is 0 Å². The highest BCUT2D eigenvalue weighted by Gasteiger charge is 2.09. The van der Waals surface area contributed by atoms with Crippen LogP contribution >= 0.6 is 0 Å². The Morgan fingerprint density at radius 1 is 1.33 bits per heavy atom. The maximum absolute atomic E-state index is 12.9. The van der Waals surface area contributed by atoms with Crippen molar-refractivity contribution in [2.24, 2.45) is 0 Å². The largest absolute Gasteiger partial charge is 0.316 e. The van der Waals surface area contributed by atoms with Crippen LogP contribution in [-0.2, 0) is 6.54 Å². The van der Waals surface area contributed by atoms with Crippen molar-refractivity contribution in [2.75, 3.05) is 0 Å². The van der Waals surface area contributed by atoms with Gasteiger partial charge in [0.15, 0.2) is 11.6 Å². The molecule has 0 aromatic heterocycles. The fourth-order valence-corrected chi connectivity index (χ4v) is 0.908. The number of hydroxylamine groups is 1. The van der Waals surface area contributed by atoms with Gasteiger partial charge in [-0.1, -0.05) is 12.1 Å². The summed E-state index contributed by atoms with van der Waals surface area (Å²) in [6, 6.07) is 2.89. The topological polar surface area (TPSA) is 32.3 Å². The van der Waals surface area contributed by atoms with Gasteiger partial charge in [0.1, 0.15) is 0 Å². The molecule has 4 heteroatoms. The first-order valence-electron chi connectivity index (χ1n) is 3.47. The lowest BCUT2D eigenvalue weighted by molar-refractivity contribution is 0.159. The molecular formula is C8H9F2NO. The van der Waals surface area contributed by atoms with Gasteiger partial charge in [0, 0.05) is 12.1 Å². The minimum Gasteiger partial charge on any atom is -0.316 e. The van der Waals surface area contributed by atoms with E-state index in [2.05, 4.69) is 0 Å². The third-order valence-electron chi connectivity index (χ3n) is 1.62. The van der Waals surface area contributed by atoms with E-state index in [1.54, 1.807) is 5.48 Å². The Balaban J connectivity index is 3.08. The third-order valence-corrected chi connectivity index (χ3v) is 1.62. The van der Waals surface area contributed by atoms with Crippen LogP contribution in [0, 0.1) is 18.6 Å². The summed E-state index contributed by atoms with van der Waals surface area (Å²) in [5.41, 5.74) is 2.14. The van der Waals surface area contributed by atoms with Crippen molar-refractivity contribution in [1.82, 2.24) is 5.48 Å². The SMILES string of the molecule is Cc1ccc(CNO)c(F)c1F. The minimum absolute atomic E-state index is 0.0942. The number of nitrogens with one attached hydrogen (secondary N) is 1. The highest BCUT2D eigenvalue weighted by atomic mass is 19.2. The number of hydrogen-bond donors (Lipinski definition) is 2. The van der Waals surface area contributed by atoms with Gasteiger partial charge in [-0.25, -0.2) is 14.3 Å². The number of benzene rings is 1. The molecule has 1 rings (SSSR count). The maximum Gasteiger partial charge on any atom is 0.163 e. The first-order chi connectivity index (χ1) is 5.66. The molecule has 1 aromatic rings. The number of rotatable bonds is 2. The van der Waals surface area contributed by atoms with Crippen molar-refractivity contribution in [3.05, 3.63) is 34.9 Å². The van der Waals surface area contributed by atoms with Crippen molar-refractivity contribution < 1.29 is 14.0 Å². The molecule has 0 heterocycles. The van der Waals surface area contributed by atoms with Crippen molar-refractivity contribution in [3.8, 4) is 0 Å². The van der Waals surface area contributed by atoms with E-state index in [0.717, 1.165) is 0 Å². The van der Waals surface area contributed by atoms with Gasteiger partial charge in [0.2, 0.25) is 0 Å². The predicted octanol–water partition coefficient (Wildman–Crippen LogP) is 1.75. The zero-order valence-corrected chi connectivity index (χ0v) is 6.56. The lowest BCUT2D eigenvalue weighted by atomic mass is 10.1. The van der Waals surface area contributed by atoms with E-state index in [0.29, 0.717) is 0 Å². The van der Waals surface area contributed by atoms with Crippen LogP contribution in [-0.4, -0.2) is 5.21 Å². The lowest BCUT2D eigenvalue weighted by Crippen LogP contribution is -2.09. The first-order valence-corrected chi connectivity index (χ1v) is 3.47. The summed E-state index contributed by atoms with van der Waals surface area (Å²) in [5, 5.41) is 8.27. The second-order valence-electron chi connectivity index (χ2n) is 2.50. The van der Waals surface area contributed by atoms with Gasteiger partial charge < -0.3 is 5.21 Å². The molecule has 0 fully saturated rings. The molecule has 0 radical (unpaired) electrons. The zero-order chi connectivity index (χ0) is 9.14. The second-order valence-corrected chi connectivity index (χ2v) is 2.50. The molecule has 0 saturated carbocycles. The van der Waals surface area contributed by atoms with Crippen LogP contribution in [0.15, 0.2) is 12.1 Å². The molecule has 12 heavy (non-hydrogen) atoms. The molecular weight excluding hydrogens is 164 g/mol. The van der Waals surface area contributed by atoms with Gasteiger partial charge in [0.05, 0.1) is 0 Å². The molecule has 0 aliphatic carbocycles. The van der Waals surface area contributed by atoms with E-state index in [9.17, 15) is 8.78 Å². The molecule has 0 unspecified atom stereocenters. The Kier molecular flexibility index (Phi) is 2.73.